The average molecular weight is 393 g/mol. The van der Waals surface area contributed by atoms with E-state index in [1.165, 1.54) is 0 Å². The Balaban J connectivity index is 1.56. The number of benzene rings is 3. The summed E-state index contributed by atoms with van der Waals surface area (Å²) in [6, 6.07) is 25.2. The molecule has 0 aliphatic carbocycles. The molecule has 4 rings (SSSR count). The molecule has 0 unspecified atom stereocenters. The first-order valence-corrected chi connectivity index (χ1v) is 9.73. The molecule has 0 spiro atoms. The highest BCUT2D eigenvalue weighted by molar-refractivity contribution is 6.30. The molecule has 3 aromatic rings. The largest absolute Gasteiger partial charge is 0.450 e. The van der Waals surface area contributed by atoms with Gasteiger partial charge in [0.2, 0.25) is 0 Å². The van der Waals surface area contributed by atoms with Crippen LogP contribution >= 0.6 is 11.6 Å². The molecule has 1 atom stereocenters. The van der Waals surface area contributed by atoms with Gasteiger partial charge in [-0.05, 0) is 34.9 Å². The van der Waals surface area contributed by atoms with Crippen molar-refractivity contribution in [2.45, 2.75) is 25.0 Å². The normalized spacial score (nSPS) is 18.4. The van der Waals surface area contributed by atoms with Crippen LogP contribution in [0.3, 0.4) is 0 Å². The third kappa shape index (κ3) is 3.96. The third-order valence-electron chi connectivity index (χ3n) is 5.13. The van der Waals surface area contributed by atoms with Gasteiger partial charge in [-0.25, -0.2) is 4.79 Å². The molecule has 0 aromatic heterocycles. The first-order valence-electron chi connectivity index (χ1n) is 9.35. The van der Waals surface area contributed by atoms with Crippen molar-refractivity contribution in [3.8, 4) is 0 Å². The second-order valence-electron chi connectivity index (χ2n) is 7.01. The van der Waals surface area contributed by atoms with E-state index in [1.54, 1.807) is 0 Å². The molecule has 0 amide bonds. The van der Waals surface area contributed by atoms with E-state index in [-0.39, 0.29) is 5.97 Å². The Morgan fingerprint density at radius 3 is 2.43 bits per heavy atom. The summed E-state index contributed by atoms with van der Waals surface area (Å²) in [6.45, 7) is 1.01. The molecule has 0 saturated carbocycles. The summed E-state index contributed by atoms with van der Waals surface area (Å²) in [5, 5.41) is 0.654. The number of carbonyl (C=O) groups excluding carboxylic acids is 1. The van der Waals surface area contributed by atoms with Gasteiger partial charge in [0.15, 0.2) is 0 Å². The van der Waals surface area contributed by atoms with Crippen LogP contribution in [0.15, 0.2) is 78.9 Å². The van der Waals surface area contributed by atoms with E-state index in [2.05, 4.69) is 0 Å². The second kappa shape index (κ2) is 8.17. The number of carbonyl (C=O) groups is 1. The van der Waals surface area contributed by atoms with Crippen LogP contribution in [0.4, 0.5) is 0 Å². The van der Waals surface area contributed by atoms with Crippen LogP contribution in [-0.2, 0) is 28.1 Å². The van der Waals surface area contributed by atoms with E-state index in [0.717, 1.165) is 16.7 Å². The molecular weight excluding hydrogens is 372 g/mol. The van der Waals surface area contributed by atoms with Gasteiger partial charge in [-0.2, -0.15) is 0 Å². The summed E-state index contributed by atoms with van der Waals surface area (Å²) >= 11 is 6.07. The van der Waals surface area contributed by atoms with Crippen molar-refractivity contribution in [2.24, 2.45) is 0 Å². The molecule has 142 valence electrons. The molecule has 0 fully saturated rings. The molecular formula is C24H21ClO3. The first kappa shape index (κ1) is 18.7. The molecule has 0 saturated heterocycles. The minimum absolute atomic E-state index is 0.292. The van der Waals surface area contributed by atoms with Crippen LogP contribution in [0.25, 0.3) is 0 Å². The van der Waals surface area contributed by atoms with Gasteiger partial charge < -0.3 is 9.47 Å². The maximum absolute atomic E-state index is 12.7. The lowest BCUT2D eigenvalue weighted by Crippen LogP contribution is -2.40. The Labute approximate surface area is 169 Å². The zero-order valence-electron chi connectivity index (χ0n) is 15.4. The molecule has 4 heteroatoms. The smallest absolute Gasteiger partial charge is 0.339 e. The summed E-state index contributed by atoms with van der Waals surface area (Å²) < 4.78 is 11.9. The lowest BCUT2D eigenvalue weighted by molar-refractivity contribution is -0.0473. The lowest BCUT2D eigenvalue weighted by atomic mass is 9.81. The third-order valence-corrected chi connectivity index (χ3v) is 5.39. The van der Waals surface area contributed by atoms with Gasteiger partial charge in [-0.3, -0.25) is 0 Å². The van der Waals surface area contributed by atoms with Crippen molar-refractivity contribution < 1.29 is 14.3 Å². The van der Waals surface area contributed by atoms with Gasteiger partial charge in [-0.15, -0.1) is 0 Å². The van der Waals surface area contributed by atoms with Crippen LogP contribution in [0.5, 0.6) is 0 Å². The number of hydrogen-bond acceptors (Lipinski definition) is 3. The minimum Gasteiger partial charge on any atom is -0.450 e. The quantitative estimate of drug-likeness (QED) is 0.407. The predicted molar refractivity (Wildman–Crippen MR) is 109 cm³/mol. The molecule has 28 heavy (non-hydrogen) atoms. The minimum atomic E-state index is -0.757. The highest BCUT2D eigenvalue weighted by Gasteiger charge is 2.41. The van der Waals surface area contributed by atoms with Crippen LogP contribution in [0.2, 0.25) is 5.02 Å². The van der Waals surface area contributed by atoms with Crippen molar-refractivity contribution in [2.75, 3.05) is 6.61 Å². The summed E-state index contributed by atoms with van der Waals surface area (Å²) in [6.07, 6.45) is 1.19. The standard InChI is InChI=1S/C24H21ClO3/c25-21-12-10-20(11-13-21)24(14-15-27-17-18-6-2-1-3-7-18)16-19-8-4-5-9-22(19)23(26)28-24/h1-13H,14-17H2/t24-/m1/s1. The Morgan fingerprint density at radius 1 is 0.929 bits per heavy atom. The predicted octanol–water partition coefficient (Wildman–Crippen LogP) is 5.56. The summed E-state index contributed by atoms with van der Waals surface area (Å²) in [7, 11) is 0. The maximum Gasteiger partial charge on any atom is 0.339 e. The first-order chi connectivity index (χ1) is 13.7. The molecule has 0 radical (unpaired) electrons. The number of hydrogen-bond donors (Lipinski definition) is 0. The van der Waals surface area contributed by atoms with Crippen LogP contribution in [0, 0.1) is 0 Å². The molecule has 3 aromatic carbocycles. The highest BCUT2D eigenvalue weighted by Crippen LogP contribution is 2.39. The zero-order valence-corrected chi connectivity index (χ0v) is 16.2. The maximum atomic E-state index is 12.7. The van der Waals surface area contributed by atoms with Gasteiger partial charge in [0.1, 0.15) is 5.60 Å². The number of ether oxygens (including phenoxy) is 2. The fourth-order valence-electron chi connectivity index (χ4n) is 3.65. The van der Waals surface area contributed by atoms with Gasteiger partial charge >= 0.3 is 5.97 Å². The number of halogens is 1. The second-order valence-corrected chi connectivity index (χ2v) is 7.45. The highest BCUT2D eigenvalue weighted by atomic mass is 35.5. The van der Waals surface area contributed by atoms with Crippen molar-refractivity contribution in [3.05, 3.63) is 106 Å². The van der Waals surface area contributed by atoms with Crippen LogP contribution < -0.4 is 0 Å². The number of esters is 1. The summed E-state index contributed by atoms with van der Waals surface area (Å²) in [5.41, 5.74) is 2.93. The molecule has 1 aliphatic rings. The van der Waals surface area contributed by atoms with E-state index in [9.17, 15) is 4.79 Å². The van der Waals surface area contributed by atoms with Gasteiger partial charge in [-0.1, -0.05) is 72.3 Å². The van der Waals surface area contributed by atoms with Crippen molar-refractivity contribution in [3.63, 3.8) is 0 Å². The van der Waals surface area contributed by atoms with E-state index >= 15 is 0 Å². The Morgan fingerprint density at radius 2 is 1.64 bits per heavy atom. The molecule has 0 N–H and O–H groups in total. The van der Waals surface area contributed by atoms with Gasteiger partial charge in [0, 0.05) is 17.9 Å². The SMILES string of the molecule is O=C1O[C@@](CCOCc2ccccc2)(c2ccc(Cl)cc2)Cc2ccccc21. The number of rotatable bonds is 6. The Kier molecular flexibility index (Phi) is 5.47. The Bertz CT molecular complexity index is 953. The molecule has 1 heterocycles. The number of cyclic esters (lactones) is 1. The fraction of sp³-hybridized carbons (Fsp3) is 0.208. The van der Waals surface area contributed by atoms with Crippen molar-refractivity contribution in [1.29, 1.82) is 0 Å². The van der Waals surface area contributed by atoms with E-state index in [1.807, 2.05) is 78.9 Å². The van der Waals surface area contributed by atoms with E-state index in [0.29, 0.717) is 36.6 Å². The molecule has 0 bridgehead atoms. The van der Waals surface area contributed by atoms with Crippen LogP contribution in [0.1, 0.15) is 33.5 Å². The van der Waals surface area contributed by atoms with E-state index in [4.69, 9.17) is 21.1 Å². The van der Waals surface area contributed by atoms with E-state index < -0.39 is 5.60 Å². The summed E-state index contributed by atoms with van der Waals surface area (Å²) in [5.74, 6) is -0.292. The molecule has 3 nitrogen and oxygen atoms in total. The Hall–Kier alpha value is -2.62. The lowest BCUT2D eigenvalue weighted by Gasteiger charge is -2.38. The topological polar surface area (TPSA) is 35.5 Å². The average Bonchev–Trinajstić information content (AvgIpc) is 2.72. The summed E-state index contributed by atoms with van der Waals surface area (Å²) in [4.78, 5) is 12.7. The number of fused-ring (bicyclic) bond motifs is 1. The van der Waals surface area contributed by atoms with Gasteiger partial charge in [0.25, 0.3) is 0 Å². The fourth-order valence-corrected chi connectivity index (χ4v) is 3.78. The van der Waals surface area contributed by atoms with Crippen molar-refractivity contribution in [1.82, 2.24) is 0 Å². The van der Waals surface area contributed by atoms with Gasteiger partial charge in [0.05, 0.1) is 18.8 Å². The van der Waals surface area contributed by atoms with Crippen molar-refractivity contribution >= 4 is 17.6 Å². The van der Waals surface area contributed by atoms with Crippen LogP contribution in [-0.4, -0.2) is 12.6 Å². The zero-order chi connectivity index (χ0) is 19.4. The molecule has 1 aliphatic heterocycles. The monoisotopic (exact) mass is 392 g/mol.